The number of Topliss-reactive ketones (excluding diaryl/α,β-unsaturated/α-hetero) is 1. The van der Waals surface area contributed by atoms with E-state index >= 15 is 0 Å². The molecule has 0 unspecified atom stereocenters. The molecule has 4 aromatic rings. The molecule has 0 spiro atoms. The first-order valence-electron chi connectivity index (χ1n) is 16.0. The Kier molecular flexibility index (Phi) is 15.1. The molecular weight excluding hydrogens is 677 g/mol. The Morgan fingerprint density at radius 2 is 1.30 bits per heavy atom. The number of aromatic nitrogens is 4. The molecule has 1 saturated heterocycles. The predicted molar refractivity (Wildman–Crippen MR) is 194 cm³/mol. The van der Waals surface area contributed by atoms with Gasteiger partial charge in [-0.3, -0.25) is 33.5 Å². The number of halogens is 2. The summed E-state index contributed by atoms with van der Waals surface area (Å²) in [6.45, 7) is 6.05. The number of nitrogens with zero attached hydrogens (tertiary/aromatic N) is 2. The summed E-state index contributed by atoms with van der Waals surface area (Å²) < 4.78 is 7.18. The van der Waals surface area contributed by atoms with Crippen molar-refractivity contribution >= 4 is 49.0 Å². The number of anilines is 2. The van der Waals surface area contributed by atoms with Crippen molar-refractivity contribution in [1.82, 2.24) is 19.1 Å². The smallest absolute Gasteiger partial charge is 1.00 e. The monoisotopic (exact) mass is 715 g/mol. The molecular formula is C34H39BCl2LiN6O6. The quantitative estimate of drug-likeness (QED) is 0.233. The normalized spacial score (nSPS) is 17.1. The van der Waals surface area contributed by atoms with Gasteiger partial charge >= 0.3 is 30.2 Å². The van der Waals surface area contributed by atoms with Crippen LogP contribution in [0.2, 0.25) is 10.0 Å². The van der Waals surface area contributed by atoms with E-state index in [1.807, 2.05) is 30.3 Å². The Morgan fingerprint density at radius 3 is 1.82 bits per heavy atom. The number of rotatable bonds is 4. The van der Waals surface area contributed by atoms with E-state index in [4.69, 9.17) is 27.9 Å². The van der Waals surface area contributed by atoms with Crippen molar-refractivity contribution in [3.63, 3.8) is 0 Å². The fourth-order valence-corrected chi connectivity index (χ4v) is 6.33. The first-order chi connectivity index (χ1) is 23.1. The fourth-order valence-electron chi connectivity index (χ4n) is 5.94. The largest absolute Gasteiger partial charge is 1.00 e. The van der Waals surface area contributed by atoms with Gasteiger partial charge in [0.05, 0.1) is 17.6 Å². The van der Waals surface area contributed by atoms with Crippen LogP contribution in [0.5, 0.6) is 0 Å². The summed E-state index contributed by atoms with van der Waals surface area (Å²) in [4.78, 5) is 65.9. The number of hydrogen-bond acceptors (Lipinski definition) is 8. The number of hydrogen-bond donors (Lipinski definition) is 4. The van der Waals surface area contributed by atoms with Crippen LogP contribution in [-0.2, 0) is 24.2 Å². The van der Waals surface area contributed by atoms with Crippen molar-refractivity contribution in [2.75, 3.05) is 23.8 Å². The molecule has 0 amide bonds. The minimum absolute atomic E-state index is 0. The van der Waals surface area contributed by atoms with Crippen molar-refractivity contribution in [2.24, 2.45) is 0 Å². The van der Waals surface area contributed by atoms with Gasteiger partial charge in [-0.1, -0.05) is 47.5 Å². The summed E-state index contributed by atoms with van der Waals surface area (Å²) in [5.41, 5.74) is 0.880. The first-order valence-corrected chi connectivity index (χ1v) is 16.7. The summed E-state index contributed by atoms with van der Waals surface area (Å²) in [5.74, 6) is 0.425. The molecule has 4 N–H and O–H groups in total. The van der Waals surface area contributed by atoms with Crippen LogP contribution in [0.3, 0.4) is 0 Å². The number of benzene rings is 2. The van der Waals surface area contributed by atoms with Crippen molar-refractivity contribution in [1.29, 1.82) is 0 Å². The maximum Gasteiger partial charge on any atom is 1.00 e. The Bertz CT molecular complexity index is 2040. The number of nitrogens with one attached hydrogen (secondary N) is 4. The first kappa shape index (κ1) is 40.7. The van der Waals surface area contributed by atoms with Crippen LogP contribution >= 0.6 is 23.2 Å². The molecule has 3 radical (unpaired) electrons. The summed E-state index contributed by atoms with van der Waals surface area (Å²) in [6.07, 6.45) is 4.12. The standard InChI is InChI=1S/C15H14ClN3O3.C15H16ClN3O2.C4H8O.B.Li.H/c1-2-19-14(21)12-11(20)7-10(17-13(12)18-15(19)22)8-4-3-5-9(16)6-8;1-2-19-14(20)11-6-7-12(17-13(11)18-15(19)21)9-4-3-5-10(16)8-9;1-2-4-5-3-1;;;/h3-6,10,17H,2,7H2,1H3,(H,18,22);3-5,8,12,17H,2,6-7H2,1H3,(H,18,21);1-4H2;;;/q;;;;+1;-1/t10-;12-;;;;/m11..../s1. The second-order valence-corrected chi connectivity index (χ2v) is 12.4. The molecule has 0 bridgehead atoms. The Balaban J connectivity index is 0.000000295. The average Bonchev–Trinajstić information content (AvgIpc) is 3.66. The zero-order valence-electron chi connectivity index (χ0n) is 29.3. The number of carbonyl (C=O) groups excluding carboxylic acids is 1. The maximum absolute atomic E-state index is 12.3. The molecule has 50 heavy (non-hydrogen) atoms. The van der Waals surface area contributed by atoms with E-state index in [1.165, 1.54) is 17.4 Å². The molecule has 7 rings (SSSR count). The molecule has 0 saturated carbocycles. The van der Waals surface area contributed by atoms with Crippen molar-refractivity contribution in [3.8, 4) is 0 Å². The summed E-state index contributed by atoms with van der Waals surface area (Å²) in [5, 5.41) is 7.54. The summed E-state index contributed by atoms with van der Waals surface area (Å²) >= 11 is 12.0. The topological polar surface area (TPSA) is 160 Å². The van der Waals surface area contributed by atoms with Gasteiger partial charge in [0.1, 0.15) is 17.2 Å². The van der Waals surface area contributed by atoms with E-state index in [-0.39, 0.29) is 82.2 Å². The van der Waals surface area contributed by atoms with E-state index in [1.54, 1.807) is 32.0 Å². The zero-order valence-corrected chi connectivity index (χ0v) is 29.8. The summed E-state index contributed by atoms with van der Waals surface area (Å²) in [7, 11) is 0. The maximum atomic E-state index is 12.3. The molecule has 2 aromatic carbocycles. The molecule has 259 valence electrons. The number of aromatic amines is 2. The molecule has 3 aliphatic rings. The van der Waals surface area contributed by atoms with E-state index < -0.39 is 11.2 Å². The predicted octanol–water partition coefficient (Wildman–Crippen LogP) is 1.79. The van der Waals surface area contributed by atoms with Gasteiger partial charge in [-0.15, -0.1) is 0 Å². The van der Waals surface area contributed by atoms with Crippen LogP contribution < -0.4 is 52.0 Å². The Morgan fingerprint density at radius 1 is 0.780 bits per heavy atom. The molecule has 2 aromatic heterocycles. The molecule has 0 aliphatic carbocycles. The van der Waals surface area contributed by atoms with Crippen molar-refractivity contribution < 1.29 is 29.8 Å². The number of carbonyl (C=O) groups is 1. The molecule has 16 heteroatoms. The zero-order chi connectivity index (χ0) is 34.4. The van der Waals surface area contributed by atoms with Gasteiger partial charge < -0.3 is 16.8 Å². The van der Waals surface area contributed by atoms with Crippen molar-refractivity contribution in [3.05, 3.63) is 123 Å². The Labute approximate surface area is 314 Å². The van der Waals surface area contributed by atoms with Gasteiger partial charge in [0.25, 0.3) is 11.1 Å². The van der Waals surface area contributed by atoms with Crippen molar-refractivity contribution in [2.45, 2.75) is 71.1 Å². The van der Waals surface area contributed by atoms with E-state index in [9.17, 15) is 24.0 Å². The number of H-pyrrole nitrogens is 2. The second-order valence-electron chi connectivity index (χ2n) is 11.6. The molecule has 2 atom stereocenters. The van der Waals surface area contributed by atoms with Crippen LogP contribution in [0.1, 0.15) is 80.1 Å². The third-order valence-electron chi connectivity index (χ3n) is 8.42. The molecule has 1 fully saturated rings. The van der Waals surface area contributed by atoms with Crippen LogP contribution in [-0.4, -0.2) is 46.5 Å². The number of fused-ring (bicyclic) bond motifs is 2. The third-order valence-corrected chi connectivity index (χ3v) is 8.89. The van der Waals surface area contributed by atoms with Gasteiger partial charge in [-0.25, -0.2) is 9.59 Å². The fraction of sp³-hybridized carbons (Fsp3) is 0.382. The average molecular weight is 716 g/mol. The van der Waals surface area contributed by atoms with Gasteiger partial charge in [0, 0.05) is 51.2 Å². The third kappa shape index (κ3) is 9.33. The number of ether oxygens (including phenoxy) is 1. The summed E-state index contributed by atoms with van der Waals surface area (Å²) in [6, 6.07) is 14.4. The minimum atomic E-state index is -0.553. The van der Waals surface area contributed by atoms with Crippen LogP contribution in [0.15, 0.2) is 67.7 Å². The van der Waals surface area contributed by atoms with E-state index in [0.717, 1.165) is 35.3 Å². The molecule has 5 heterocycles. The van der Waals surface area contributed by atoms with Gasteiger partial charge in [0.2, 0.25) is 0 Å². The van der Waals surface area contributed by atoms with Crippen LogP contribution in [0.4, 0.5) is 11.6 Å². The van der Waals surface area contributed by atoms with E-state index in [0.29, 0.717) is 34.4 Å². The van der Waals surface area contributed by atoms with Crippen LogP contribution in [0.25, 0.3) is 0 Å². The second kappa shape index (κ2) is 18.5. The van der Waals surface area contributed by atoms with Gasteiger partial charge in [0.15, 0.2) is 5.78 Å². The van der Waals surface area contributed by atoms with E-state index in [2.05, 4.69) is 20.6 Å². The molecule has 12 nitrogen and oxygen atoms in total. The molecule has 3 aliphatic heterocycles. The Hall–Kier alpha value is -3.73. The van der Waals surface area contributed by atoms with Gasteiger partial charge in [-0.2, -0.15) is 0 Å². The van der Waals surface area contributed by atoms with Crippen LogP contribution in [0, 0.1) is 0 Å². The van der Waals surface area contributed by atoms with Gasteiger partial charge in [-0.05, 0) is 74.9 Å². The SMILES string of the molecule is C1CCOC1.CCn1c(=O)[nH]c2c(c1=O)C(=O)C[C@H](c1cccc(Cl)c1)N2.CCn1c(=O)[nH]c2c(c1=O)CC[C@H](c1cccc(Cl)c1)N2.[B].[H-].[Li+]. The number of ketones is 1. The minimum Gasteiger partial charge on any atom is -1.00 e.